The highest BCUT2D eigenvalue weighted by atomic mass is 16.6. The van der Waals surface area contributed by atoms with Crippen LogP contribution in [0, 0.1) is 6.92 Å². The maximum atomic E-state index is 13.4. The number of esters is 1. The number of phenolic OH excluding ortho intramolecular Hbond substituents is 2. The number of hydrogen-bond acceptors (Lipinski definition) is 11. The zero-order chi connectivity index (χ0) is 32.1. The summed E-state index contributed by atoms with van der Waals surface area (Å²) in [4.78, 5) is 62.0. The minimum atomic E-state index is -1.91. The Kier molecular flexibility index (Phi) is 7.17. The summed E-state index contributed by atoms with van der Waals surface area (Å²) in [5, 5.41) is 60.2. The first kappa shape index (κ1) is 29.5. The molecule has 2 aliphatic heterocycles. The number of aliphatic carboxylic acids is 4. The molecule has 0 radical (unpaired) electrons. The smallest absolute Gasteiger partial charge is 0.340 e. The van der Waals surface area contributed by atoms with Crippen LogP contribution in [0.25, 0.3) is 0 Å². The molecular weight excluding hydrogens is 584 g/mol. The Bertz CT molecular complexity index is 1640. The molecule has 1 spiro atoms. The van der Waals surface area contributed by atoms with Gasteiger partial charge in [0.2, 0.25) is 0 Å². The summed E-state index contributed by atoms with van der Waals surface area (Å²) in [5.41, 5.74) is -1.73. The third-order valence-corrected chi connectivity index (χ3v) is 7.22. The van der Waals surface area contributed by atoms with Crippen molar-refractivity contribution in [3.63, 3.8) is 0 Å². The molecule has 2 aliphatic rings. The third-order valence-electron chi connectivity index (χ3n) is 7.22. The molecule has 2 heterocycles. The third kappa shape index (κ3) is 4.69. The highest BCUT2D eigenvalue weighted by molar-refractivity contribution is 5.99. The van der Waals surface area contributed by atoms with Crippen LogP contribution in [-0.4, -0.2) is 86.7 Å². The van der Waals surface area contributed by atoms with Gasteiger partial charge in [-0.15, -0.1) is 0 Å². The van der Waals surface area contributed by atoms with Gasteiger partial charge in [0.25, 0.3) is 0 Å². The molecule has 0 amide bonds. The molecule has 0 aromatic heterocycles. The lowest BCUT2D eigenvalue weighted by atomic mass is 9.76. The maximum Gasteiger partial charge on any atom is 0.340 e. The van der Waals surface area contributed by atoms with Crippen LogP contribution in [0.3, 0.4) is 0 Å². The maximum absolute atomic E-state index is 13.4. The van der Waals surface area contributed by atoms with Gasteiger partial charge in [-0.3, -0.25) is 19.2 Å². The second-order valence-corrected chi connectivity index (χ2v) is 10.1. The highest BCUT2D eigenvalue weighted by Gasteiger charge is 2.56. The van der Waals surface area contributed by atoms with Crippen LogP contribution in [0.2, 0.25) is 0 Å². The molecule has 5 rings (SSSR count). The molecule has 44 heavy (non-hydrogen) atoms. The minimum absolute atomic E-state index is 0.0379. The minimum Gasteiger partial charge on any atom is -0.506 e. The Morgan fingerprint density at radius 3 is 1.52 bits per heavy atom. The van der Waals surface area contributed by atoms with E-state index in [2.05, 4.69) is 0 Å². The normalized spacial score (nSPS) is 13.6. The number of carbonyl (C=O) groups is 5. The van der Waals surface area contributed by atoms with Crippen molar-refractivity contribution in [2.24, 2.45) is 0 Å². The van der Waals surface area contributed by atoms with Crippen molar-refractivity contribution in [2.45, 2.75) is 12.5 Å². The van der Waals surface area contributed by atoms with Gasteiger partial charge >= 0.3 is 29.8 Å². The van der Waals surface area contributed by atoms with Crippen LogP contribution < -0.4 is 14.5 Å². The summed E-state index contributed by atoms with van der Waals surface area (Å²) in [7, 11) is 0. The average Bonchev–Trinajstić information content (AvgIpc) is 3.20. The number of anilines is 2. The number of fused-ring (bicyclic) bond motifs is 6. The van der Waals surface area contributed by atoms with E-state index in [4.69, 9.17) is 9.47 Å². The molecule has 0 unspecified atom stereocenters. The molecule has 3 aromatic rings. The van der Waals surface area contributed by atoms with Gasteiger partial charge in [-0.2, -0.15) is 0 Å². The summed E-state index contributed by atoms with van der Waals surface area (Å²) in [6, 6.07) is 9.83. The van der Waals surface area contributed by atoms with E-state index in [-0.39, 0.29) is 33.8 Å². The van der Waals surface area contributed by atoms with Crippen molar-refractivity contribution in [2.75, 3.05) is 36.0 Å². The number of ether oxygens (including phenoxy) is 2. The Morgan fingerprint density at radius 1 is 0.682 bits per heavy atom. The number of phenols is 2. The molecule has 6 N–H and O–H groups in total. The first-order chi connectivity index (χ1) is 20.8. The number of hydrogen-bond donors (Lipinski definition) is 6. The monoisotopic (exact) mass is 608 g/mol. The van der Waals surface area contributed by atoms with E-state index < -0.39 is 84.5 Å². The summed E-state index contributed by atoms with van der Waals surface area (Å²) in [6.07, 6.45) is 0. The van der Waals surface area contributed by atoms with E-state index in [0.29, 0.717) is 5.56 Å². The lowest BCUT2D eigenvalue weighted by Gasteiger charge is -2.40. The molecule has 0 fully saturated rings. The molecule has 228 valence electrons. The number of aryl methyl sites for hydroxylation is 1. The first-order valence-corrected chi connectivity index (χ1v) is 12.9. The van der Waals surface area contributed by atoms with E-state index >= 15 is 0 Å². The van der Waals surface area contributed by atoms with E-state index in [1.807, 2.05) is 0 Å². The first-order valence-electron chi connectivity index (χ1n) is 12.9. The van der Waals surface area contributed by atoms with E-state index in [1.54, 1.807) is 25.1 Å². The van der Waals surface area contributed by atoms with Crippen molar-refractivity contribution in [3.8, 4) is 23.0 Å². The molecule has 15 nitrogen and oxygen atoms in total. The Labute approximate surface area is 247 Å². The quantitative estimate of drug-likeness (QED) is 0.181. The molecule has 15 heteroatoms. The summed E-state index contributed by atoms with van der Waals surface area (Å²) in [6.45, 7) is -2.04. The van der Waals surface area contributed by atoms with E-state index in [9.17, 15) is 54.6 Å². The molecular formula is C29H24N2O13. The summed E-state index contributed by atoms with van der Waals surface area (Å²) < 4.78 is 12.3. The van der Waals surface area contributed by atoms with Gasteiger partial charge in [0, 0.05) is 5.56 Å². The number of rotatable bonds is 10. The zero-order valence-corrected chi connectivity index (χ0v) is 22.8. The molecule has 0 atom stereocenters. The van der Waals surface area contributed by atoms with Crippen LogP contribution in [0.15, 0.2) is 42.5 Å². The summed E-state index contributed by atoms with van der Waals surface area (Å²) in [5.74, 6) is -8.61. The van der Waals surface area contributed by atoms with Crippen molar-refractivity contribution < 1.29 is 64.1 Å². The lowest BCUT2D eigenvalue weighted by Crippen LogP contribution is -2.38. The van der Waals surface area contributed by atoms with Gasteiger partial charge in [0.05, 0.1) is 16.7 Å². The average molecular weight is 609 g/mol. The zero-order valence-electron chi connectivity index (χ0n) is 22.8. The Morgan fingerprint density at radius 2 is 1.11 bits per heavy atom. The number of carboxylic acids is 4. The van der Waals surface area contributed by atoms with Gasteiger partial charge in [-0.1, -0.05) is 18.2 Å². The standard InChI is InChI=1S/C29H24N2O13/c1-13-3-2-4-14-23(13)28(42)44-29(14)15-5-7-17(32)24(30(9-19(34)35)10-20(36)37)26(15)43-27-16(29)6-8-18(33)25(27)31(11-21(38)39)12-22(40)41/h2-8,32-33H,9-12H2,1H3,(H,34,35)(H,36,37)(H,38,39)(H,40,41). The highest BCUT2D eigenvalue weighted by Crippen LogP contribution is 2.62. The summed E-state index contributed by atoms with van der Waals surface area (Å²) >= 11 is 0. The molecule has 0 saturated carbocycles. The van der Waals surface area contributed by atoms with Crippen LogP contribution in [0.4, 0.5) is 11.4 Å². The second kappa shape index (κ2) is 10.7. The van der Waals surface area contributed by atoms with Crippen molar-refractivity contribution >= 4 is 41.2 Å². The second-order valence-electron chi connectivity index (χ2n) is 10.1. The van der Waals surface area contributed by atoms with Gasteiger partial charge in [-0.25, -0.2) is 4.79 Å². The topological polar surface area (TPSA) is 232 Å². The lowest BCUT2D eigenvalue weighted by molar-refractivity contribution is -0.138. The van der Waals surface area contributed by atoms with E-state index in [0.717, 1.165) is 21.9 Å². The van der Waals surface area contributed by atoms with Crippen LogP contribution in [0.1, 0.15) is 32.6 Å². The van der Waals surface area contributed by atoms with Crippen LogP contribution in [0.5, 0.6) is 23.0 Å². The molecule has 3 aromatic carbocycles. The fraction of sp³-hybridized carbons (Fsp3) is 0.207. The number of carbonyl (C=O) groups excluding carboxylic acids is 1. The van der Waals surface area contributed by atoms with Crippen molar-refractivity contribution in [1.82, 2.24) is 0 Å². The van der Waals surface area contributed by atoms with Gasteiger partial charge < -0.3 is 49.9 Å². The predicted molar refractivity (Wildman–Crippen MR) is 148 cm³/mol. The van der Waals surface area contributed by atoms with E-state index in [1.165, 1.54) is 12.1 Å². The van der Waals surface area contributed by atoms with Crippen molar-refractivity contribution in [1.29, 1.82) is 0 Å². The largest absolute Gasteiger partial charge is 0.506 e. The van der Waals surface area contributed by atoms with Crippen molar-refractivity contribution in [3.05, 3.63) is 70.3 Å². The van der Waals surface area contributed by atoms with Crippen LogP contribution >= 0.6 is 0 Å². The number of aromatic hydroxyl groups is 2. The molecule has 0 saturated heterocycles. The van der Waals surface area contributed by atoms with Gasteiger partial charge in [0.1, 0.15) is 49.1 Å². The number of nitrogens with zero attached hydrogens (tertiary/aromatic N) is 2. The Hall–Kier alpha value is -5.99. The van der Waals surface area contributed by atoms with Crippen LogP contribution in [-0.2, 0) is 29.5 Å². The Balaban J connectivity index is 1.91. The molecule has 0 bridgehead atoms. The molecule has 0 aliphatic carbocycles. The van der Waals surface area contributed by atoms with Gasteiger partial charge in [0.15, 0.2) is 17.1 Å². The fourth-order valence-electron chi connectivity index (χ4n) is 5.70. The SMILES string of the molecule is Cc1cccc2c1C(=O)OC21c2ccc(O)c(N(CC(=O)O)CC(=O)O)c2Oc2c1ccc(O)c2N(CC(=O)O)CC(=O)O. The fourth-order valence-corrected chi connectivity index (χ4v) is 5.70. The predicted octanol–water partition coefficient (Wildman–Crippen LogP) is 1.93. The number of carboxylic acid groups (broad SMARTS) is 4. The van der Waals surface area contributed by atoms with Gasteiger partial charge in [-0.05, 0) is 36.8 Å². The number of benzene rings is 3.